The molecule has 1 aromatic heterocycles. The van der Waals surface area contributed by atoms with Crippen molar-refractivity contribution in [3.05, 3.63) is 59.3 Å². The molecule has 1 saturated heterocycles. The Morgan fingerprint density at radius 3 is 2.71 bits per heavy atom. The fourth-order valence-corrected chi connectivity index (χ4v) is 5.01. The van der Waals surface area contributed by atoms with E-state index in [0.717, 1.165) is 56.0 Å². The highest BCUT2D eigenvalue weighted by molar-refractivity contribution is 5.87. The lowest BCUT2D eigenvalue weighted by atomic mass is 9.84. The monoisotopic (exact) mass is 478 g/mol. The molecule has 1 amide bonds. The number of hydrogen-bond acceptors (Lipinski definition) is 5. The van der Waals surface area contributed by atoms with Crippen molar-refractivity contribution < 1.29 is 14.7 Å². The number of hydrogen-bond donors (Lipinski definition) is 3. The zero-order valence-electron chi connectivity index (χ0n) is 20.9. The molecule has 7 nitrogen and oxygen atoms in total. The van der Waals surface area contributed by atoms with E-state index in [1.807, 2.05) is 44.2 Å². The number of rotatable bonds is 11. The summed E-state index contributed by atoms with van der Waals surface area (Å²) in [6.45, 7) is 7.35. The van der Waals surface area contributed by atoms with E-state index in [1.54, 1.807) is 0 Å². The van der Waals surface area contributed by atoms with Crippen molar-refractivity contribution in [3.63, 3.8) is 0 Å². The number of nitrogens with zero attached hydrogens (tertiary/aromatic N) is 2. The first-order chi connectivity index (χ1) is 16.8. The average molecular weight is 479 g/mol. The van der Waals surface area contributed by atoms with Gasteiger partial charge in [-0.1, -0.05) is 50.2 Å². The number of anilines is 1. The molecule has 0 aliphatic carbocycles. The van der Waals surface area contributed by atoms with Crippen molar-refractivity contribution in [3.8, 4) is 0 Å². The molecule has 0 radical (unpaired) electrons. The maximum Gasteiger partial charge on any atom is 0.326 e. The lowest BCUT2D eigenvalue weighted by Crippen LogP contribution is -2.51. The number of amides is 1. The third kappa shape index (κ3) is 6.82. The molecule has 35 heavy (non-hydrogen) atoms. The fourth-order valence-electron chi connectivity index (χ4n) is 5.01. The van der Waals surface area contributed by atoms with Crippen molar-refractivity contribution in [2.24, 2.45) is 11.3 Å². The molecule has 2 aromatic rings. The number of fused-ring (bicyclic) bond motifs is 1. The average Bonchev–Trinajstić information content (AvgIpc) is 2.81. The molecular formula is C28H38N4O3. The predicted molar refractivity (Wildman–Crippen MR) is 137 cm³/mol. The molecule has 2 aliphatic rings. The van der Waals surface area contributed by atoms with Gasteiger partial charge in [-0.3, -0.25) is 4.79 Å². The van der Waals surface area contributed by atoms with Crippen LogP contribution in [0.2, 0.25) is 0 Å². The Kier molecular flexibility index (Phi) is 8.06. The van der Waals surface area contributed by atoms with Crippen LogP contribution in [-0.4, -0.2) is 59.1 Å². The van der Waals surface area contributed by atoms with Crippen LogP contribution in [0.3, 0.4) is 0 Å². The van der Waals surface area contributed by atoms with Gasteiger partial charge in [-0.15, -0.1) is 0 Å². The third-order valence-electron chi connectivity index (χ3n) is 7.23. The molecule has 3 heterocycles. The van der Waals surface area contributed by atoms with E-state index >= 15 is 0 Å². The minimum atomic E-state index is -0.974. The van der Waals surface area contributed by atoms with Gasteiger partial charge in [-0.25, -0.2) is 9.78 Å². The number of pyridine rings is 1. The molecule has 0 bridgehead atoms. The fraction of sp³-hybridized carbons (Fsp3) is 0.536. The molecule has 1 unspecified atom stereocenters. The smallest absolute Gasteiger partial charge is 0.326 e. The summed E-state index contributed by atoms with van der Waals surface area (Å²) in [4.78, 5) is 31.8. The SMILES string of the molecule is CC(C)(Cc1ccccc1)C(=O)NC(CCN1CC(CCc2ccc3c(n2)NCCC3)C1)C(=O)O. The van der Waals surface area contributed by atoms with E-state index in [2.05, 4.69) is 27.7 Å². The maximum atomic E-state index is 12.9. The van der Waals surface area contributed by atoms with Crippen molar-refractivity contribution in [2.45, 2.75) is 58.4 Å². The highest BCUT2D eigenvalue weighted by Gasteiger charge is 2.33. The van der Waals surface area contributed by atoms with E-state index in [1.165, 1.54) is 12.0 Å². The van der Waals surface area contributed by atoms with Gasteiger partial charge in [0.05, 0.1) is 0 Å². The summed E-state index contributed by atoms with van der Waals surface area (Å²) in [5.74, 6) is 0.474. The number of carbonyl (C=O) groups excluding carboxylic acids is 1. The largest absolute Gasteiger partial charge is 0.480 e. The van der Waals surface area contributed by atoms with E-state index < -0.39 is 17.4 Å². The minimum Gasteiger partial charge on any atom is -0.480 e. The van der Waals surface area contributed by atoms with Gasteiger partial charge in [0.15, 0.2) is 0 Å². The summed E-state index contributed by atoms with van der Waals surface area (Å²) >= 11 is 0. The van der Waals surface area contributed by atoms with Crippen LogP contribution < -0.4 is 10.6 Å². The summed E-state index contributed by atoms with van der Waals surface area (Å²) in [5.41, 5.74) is 2.84. The number of carbonyl (C=O) groups is 2. The predicted octanol–water partition coefficient (Wildman–Crippen LogP) is 3.53. The molecule has 7 heteroatoms. The molecule has 1 atom stereocenters. The Labute approximate surface area is 208 Å². The summed E-state index contributed by atoms with van der Waals surface area (Å²) in [6.07, 6.45) is 5.31. The summed E-state index contributed by atoms with van der Waals surface area (Å²) in [6, 6.07) is 13.3. The topological polar surface area (TPSA) is 94.6 Å². The molecule has 188 valence electrons. The van der Waals surface area contributed by atoms with Gasteiger partial charge in [-0.2, -0.15) is 0 Å². The summed E-state index contributed by atoms with van der Waals surface area (Å²) < 4.78 is 0. The van der Waals surface area contributed by atoms with Crippen LogP contribution in [0.25, 0.3) is 0 Å². The highest BCUT2D eigenvalue weighted by Crippen LogP contribution is 2.25. The first-order valence-electron chi connectivity index (χ1n) is 12.8. The zero-order chi connectivity index (χ0) is 24.8. The number of carboxylic acid groups (broad SMARTS) is 1. The number of benzene rings is 1. The maximum absolute atomic E-state index is 12.9. The van der Waals surface area contributed by atoms with Crippen LogP contribution in [-0.2, 0) is 28.9 Å². The summed E-state index contributed by atoms with van der Waals surface area (Å²) in [7, 11) is 0. The lowest BCUT2D eigenvalue weighted by Gasteiger charge is -2.40. The highest BCUT2D eigenvalue weighted by atomic mass is 16.4. The second-order valence-corrected chi connectivity index (χ2v) is 10.7. The van der Waals surface area contributed by atoms with E-state index in [-0.39, 0.29) is 5.91 Å². The quantitative estimate of drug-likeness (QED) is 0.457. The van der Waals surface area contributed by atoms with Crippen LogP contribution in [0.15, 0.2) is 42.5 Å². The van der Waals surface area contributed by atoms with Gasteiger partial charge in [0, 0.05) is 37.3 Å². The van der Waals surface area contributed by atoms with Crippen LogP contribution in [0.4, 0.5) is 5.82 Å². The van der Waals surface area contributed by atoms with Crippen LogP contribution in [0, 0.1) is 11.3 Å². The minimum absolute atomic E-state index is 0.220. The van der Waals surface area contributed by atoms with Crippen LogP contribution in [0.5, 0.6) is 0 Å². The molecular weight excluding hydrogens is 440 g/mol. The van der Waals surface area contributed by atoms with Gasteiger partial charge in [0.2, 0.25) is 5.91 Å². The Balaban J connectivity index is 1.18. The van der Waals surface area contributed by atoms with Crippen molar-refractivity contribution in [1.29, 1.82) is 0 Å². The number of likely N-dealkylation sites (tertiary alicyclic amines) is 1. The number of aromatic nitrogens is 1. The molecule has 4 rings (SSSR count). The van der Waals surface area contributed by atoms with Crippen molar-refractivity contribution in [2.75, 3.05) is 31.5 Å². The lowest BCUT2D eigenvalue weighted by molar-refractivity contribution is -0.143. The molecule has 1 aromatic carbocycles. The Bertz CT molecular complexity index is 1020. The molecule has 1 fully saturated rings. The van der Waals surface area contributed by atoms with Gasteiger partial charge in [0.1, 0.15) is 11.9 Å². The van der Waals surface area contributed by atoms with Gasteiger partial charge >= 0.3 is 5.97 Å². The van der Waals surface area contributed by atoms with Gasteiger partial charge in [0.25, 0.3) is 0 Å². The Morgan fingerprint density at radius 2 is 1.97 bits per heavy atom. The van der Waals surface area contributed by atoms with Crippen molar-refractivity contribution in [1.82, 2.24) is 15.2 Å². The Morgan fingerprint density at radius 1 is 1.20 bits per heavy atom. The van der Waals surface area contributed by atoms with E-state index in [9.17, 15) is 14.7 Å². The van der Waals surface area contributed by atoms with Gasteiger partial charge < -0.3 is 20.6 Å². The zero-order valence-corrected chi connectivity index (χ0v) is 20.9. The van der Waals surface area contributed by atoms with Crippen molar-refractivity contribution >= 4 is 17.7 Å². The third-order valence-corrected chi connectivity index (χ3v) is 7.23. The number of nitrogens with one attached hydrogen (secondary N) is 2. The number of carboxylic acids is 1. The molecule has 2 aliphatic heterocycles. The molecule has 3 N–H and O–H groups in total. The Hall–Kier alpha value is -2.93. The van der Waals surface area contributed by atoms with E-state index in [0.29, 0.717) is 25.3 Å². The van der Waals surface area contributed by atoms with E-state index in [4.69, 9.17) is 4.98 Å². The number of aryl methyl sites for hydroxylation is 2. The summed E-state index contributed by atoms with van der Waals surface area (Å²) in [5, 5.41) is 15.9. The molecule has 0 saturated carbocycles. The second kappa shape index (κ2) is 11.2. The first-order valence-corrected chi connectivity index (χ1v) is 12.8. The molecule has 0 spiro atoms. The number of aliphatic carboxylic acids is 1. The standard InChI is InChI=1S/C28H38N4O3/c1-28(2,17-20-7-4-3-5-8-20)27(35)31-24(26(33)34)14-16-32-18-21(19-32)10-12-23-13-11-22-9-6-15-29-25(22)30-23/h3-5,7-8,11,13,21,24H,6,9-10,12,14-19H2,1-2H3,(H,29,30)(H,31,35)(H,33,34). The van der Waals surface area contributed by atoms with Crippen LogP contribution >= 0.6 is 0 Å². The normalized spacial score (nSPS) is 17.1. The van der Waals surface area contributed by atoms with Gasteiger partial charge in [-0.05, 0) is 61.6 Å². The first kappa shape index (κ1) is 25.2. The second-order valence-electron chi connectivity index (χ2n) is 10.7. The van der Waals surface area contributed by atoms with Crippen LogP contribution in [0.1, 0.15) is 49.9 Å².